The Labute approximate surface area is 194 Å². The number of amides is 1. The van der Waals surface area contributed by atoms with Crippen LogP contribution in [0.2, 0.25) is 0 Å². The van der Waals surface area contributed by atoms with Crippen LogP contribution in [0.3, 0.4) is 0 Å². The zero-order valence-electron chi connectivity index (χ0n) is 17.0. The van der Waals surface area contributed by atoms with Gasteiger partial charge in [0.15, 0.2) is 0 Å². The van der Waals surface area contributed by atoms with Crippen LogP contribution in [0.15, 0.2) is 64.0 Å². The number of halogens is 1. The number of aromatic nitrogens is 1. The van der Waals surface area contributed by atoms with Crippen LogP contribution in [0, 0.1) is 20.8 Å². The Morgan fingerprint density at radius 1 is 1.03 bits per heavy atom. The topological polar surface area (TPSA) is 25.2 Å². The summed E-state index contributed by atoms with van der Waals surface area (Å²) in [5.74, 6) is -0.0287. The average Bonchev–Trinajstić information content (AvgIpc) is 3.14. The van der Waals surface area contributed by atoms with Gasteiger partial charge in [-0.1, -0.05) is 69.7 Å². The van der Waals surface area contributed by atoms with Gasteiger partial charge in [-0.25, -0.2) is 0 Å². The molecule has 0 radical (unpaired) electrons. The predicted octanol–water partition coefficient (Wildman–Crippen LogP) is 6.57. The van der Waals surface area contributed by atoms with E-state index in [9.17, 15) is 4.79 Å². The lowest BCUT2D eigenvalue weighted by molar-refractivity contribution is -0.122. The van der Waals surface area contributed by atoms with E-state index in [2.05, 4.69) is 71.6 Å². The molecule has 0 saturated carbocycles. The number of carbonyl (C=O) groups excluding carboxylic acids is 1. The molecule has 0 aliphatic carbocycles. The van der Waals surface area contributed by atoms with Gasteiger partial charge in [0, 0.05) is 21.5 Å². The lowest BCUT2D eigenvalue weighted by Gasteiger charge is -2.14. The van der Waals surface area contributed by atoms with Crippen molar-refractivity contribution in [3.05, 3.63) is 92.1 Å². The van der Waals surface area contributed by atoms with E-state index >= 15 is 0 Å². The fourth-order valence-corrected chi connectivity index (χ4v) is 5.09. The van der Waals surface area contributed by atoms with Gasteiger partial charge in [-0.3, -0.25) is 9.69 Å². The molecule has 1 aliphatic heterocycles. The van der Waals surface area contributed by atoms with Crippen LogP contribution < -0.4 is 0 Å². The standard InChI is InChI=1S/C24H21BrN2OS2/c1-15-4-6-18(7-5-15)14-26-23(28)22(30-24(26)29)13-19-12-16(2)27(17(19)3)21-10-8-20(25)9-11-21/h4-13H,14H2,1-3H3/b22-13-. The second kappa shape index (κ2) is 8.53. The van der Waals surface area contributed by atoms with E-state index in [0.29, 0.717) is 15.8 Å². The van der Waals surface area contributed by atoms with Gasteiger partial charge in [-0.05, 0) is 68.3 Å². The molecule has 0 spiro atoms. The Morgan fingerprint density at radius 2 is 1.70 bits per heavy atom. The highest BCUT2D eigenvalue weighted by atomic mass is 79.9. The second-order valence-corrected chi connectivity index (χ2v) is 9.98. The predicted molar refractivity (Wildman–Crippen MR) is 133 cm³/mol. The van der Waals surface area contributed by atoms with Gasteiger partial charge < -0.3 is 4.57 Å². The van der Waals surface area contributed by atoms with Gasteiger partial charge in [0.2, 0.25) is 0 Å². The first-order valence-corrected chi connectivity index (χ1v) is 11.6. The summed E-state index contributed by atoms with van der Waals surface area (Å²) in [5.41, 5.74) is 6.62. The number of aryl methyl sites for hydroxylation is 2. The smallest absolute Gasteiger partial charge is 0.266 e. The molecule has 1 aromatic heterocycles. The van der Waals surface area contributed by atoms with Crippen LogP contribution in [0.4, 0.5) is 0 Å². The van der Waals surface area contributed by atoms with Crippen molar-refractivity contribution in [2.24, 2.45) is 0 Å². The zero-order chi connectivity index (χ0) is 21.4. The van der Waals surface area contributed by atoms with E-state index in [4.69, 9.17) is 12.2 Å². The molecular weight excluding hydrogens is 476 g/mol. The number of hydrogen-bond acceptors (Lipinski definition) is 3. The zero-order valence-corrected chi connectivity index (χ0v) is 20.2. The van der Waals surface area contributed by atoms with Crippen LogP contribution in [-0.4, -0.2) is 19.7 Å². The third-order valence-corrected chi connectivity index (χ3v) is 7.08. The van der Waals surface area contributed by atoms with Gasteiger partial charge in [-0.15, -0.1) is 0 Å². The largest absolute Gasteiger partial charge is 0.318 e. The summed E-state index contributed by atoms with van der Waals surface area (Å²) in [4.78, 5) is 15.4. The van der Waals surface area contributed by atoms with Gasteiger partial charge in [0.1, 0.15) is 4.32 Å². The molecule has 152 valence electrons. The van der Waals surface area contributed by atoms with Crippen molar-refractivity contribution in [1.29, 1.82) is 0 Å². The molecule has 1 saturated heterocycles. The summed E-state index contributed by atoms with van der Waals surface area (Å²) in [7, 11) is 0. The Balaban J connectivity index is 1.61. The first-order chi connectivity index (χ1) is 14.3. The SMILES string of the molecule is Cc1ccc(CN2C(=O)/C(=C/c3cc(C)n(-c4ccc(Br)cc4)c3C)SC2=S)cc1. The van der Waals surface area contributed by atoms with E-state index in [1.54, 1.807) is 4.90 Å². The second-order valence-electron chi connectivity index (χ2n) is 7.39. The fourth-order valence-electron chi connectivity index (χ4n) is 3.57. The Kier molecular flexibility index (Phi) is 6.00. The van der Waals surface area contributed by atoms with Crippen LogP contribution in [0.5, 0.6) is 0 Å². The number of hydrogen-bond donors (Lipinski definition) is 0. The van der Waals surface area contributed by atoms with Gasteiger partial charge in [0.25, 0.3) is 5.91 Å². The van der Waals surface area contributed by atoms with E-state index < -0.39 is 0 Å². The third-order valence-electron chi connectivity index (χ3n) is 5.18. The summed E-state index contributed by atoms with van der Waals surface area (Å²) < 4.78 is 3.85. The lowest BCUT2D eigenvalue weighted by Crippen LogP contribution is -2.27. The Bertz CT molecular complexity index is 1160. The van der Waals surface area contributed by atoms with Gasteiger partial charge in [-0.2, -0.15) is 0 Å². The molecule has 1 fully saturated rings. The van der Waals surface area contributed by atoms with Crippen molar-refractivity contribution in [2.75, 3.05) is 0 Å². The number of thioether (sulfide) groups is 1. The van der Waals surface area contributed by atoms with Crippen LogP contribution in [-0.2, 0) is 11.3 Å². The Hall–Kier alpha value is -2.15. The van der Waals surface area contributed by atoms with E-state index in [0.717, 1.165) is 32.7 Å². The maximum absolute atomic E-state index is 13.0. The summed E-state index contributed by atoms with van der Waals surface area (Å²) >= 11 is 10.4. The monoisotopic (exact) mass is 496 g/mol. The number of nitrogens with zero attached hydrogens (tertiary/aromatic N) is 2. The molecule has 1 amide bonds. The number of benzene rings is 2. The Morgan fingerprint density at radius 3 is 2.37 bits per heavy atom. The van der Waals surface area contributed by atoms with Crippen molar-refractivity contribution in [1.82, 2.24) is 9.47 Å². The van der Waals surface area contributed by atoms with Crippen LogP contribution in [0.25, 0.3) is 11.8 Å². The summed E-state index contributed by atoms with van der Waals surface area (Å²) in [6.07, 6.45) is 1.96. The number of thiocarbonyl (C=S) groups is 1. The summed E-state index contributed by atoms with van der Waals surface area (Å²) in [5, 5.41) is 0. The molecule has 0 bridgehead atoms. The van der Waals surface area contributed by atoms with Crippen molar-refractivity contribution >= 4 is 56.2 Å². The van der Waals surface area contributed by atoms with Crippen molar-refractivity contribution in [2.45, 2.75) is 27.3 Å². The highest BCUT2D eigenvalue weighted by Crippen LogP contribution is 2.35. The maximum atomic E-state index is 13.0. The van der Waals surface area contributed by atoms with Crippen molar-refractivity contribution in [3.8, 4) is 5.69 Å². The number of rotatable bonds is 4. The van der Waals surface area contributed by atoms with Crippen LogP contribution in [0.1, 0.15) is 28.1 Å². The third kappa shape index (κ3) is 4.17. The molecule has 6 heteroatoms. The molecule has 3 aromatic rings. The van der Waals surface area contributed by atoms with Gasteiger partial charge >= 0.3 is 0 Å². The normalized spacial score (nSPS) is 15.5. The molecule has 2 heterocycles. The van der Waals surface area contributed by atoms with Crippen molar-refractivity contribution < 1.29 is 4.79 Å². The first kappa shape index (κ1) is 21.1. The van der Waals surface area contributed by atoms with Gasteiger partial charge in [0.05, 0.1) is 11.4 Å². The molecule has 0 N–H and O–H groups in total. The molecule has 4 rings (SSSR count). The minimum absolute atomic E-state index is 0.0287. The quantitative estimate of drug-likeness (QED) is 0.301. The molecule has 2 aromatic carbocycles. The van der Waals surface area contributed by atoms with Crippen LogP contribution >= 0.6 is 39.9 Å². The summed E-state index contributed by atoms with van der Waals surface area (Å²) in [6.45, 7) is 6.71. The summed E-state index contributed by atoms with van der Waals surface area (Å²) in [6, 6.07) is 18.5. The maximum Gasteiger partial charge on any atom is 0.266 e. The van der Waals surface area contributed by atoms with Crippen molar-refractivity contribution in [3.63, 3.8) is 0 Å². The highest BCUT2D eigenvalue weighted by Gasteiger charge is 2.32. The lowest BCUT2D eigenvalue weighted by atomic mass is 10.1. The minimum atomic E-state index is -0.0287. The molecule has 3 nitrogen and oxygen atoms in total. The molecule has 0 unspecified atom stereocenters. The fraction of sp³-hybridized carbons (Fsp3) is 0.167. The molecular formula is C24H21BrN2OS2. The number of carbonyl (C=O) groups is 1. The molecule has 0 atom stereocenters. The molecule has 1 aliphatic rings. The average molecular weight is 497 g/mol. The van der Waals surface area contributed by atoms with E-state index in [1.165, 1.54) is 17.3 Å². The highest BCUT2D eigenvalue weighted by molar-refractivity contribution is 9.10. The first-order valence-electron chi connectivity index (χ1n) is 9.59. The van der Waals surface area contributed by atoms with E-state index in [-0.39, 0.29) is 5.91 Å². The van der Waals surface area contributed by atoms with E-state index in [1.807, 2.05) is 30.3 Å². The molecule has 30 heavy (non-hydrogen) atoms. The minimum Gasteiger partial charge on any atom is -0.318 e.